The number of carbonyl (C=O) groups excluding carboxylic acids is 2. The van der Waals surface area contributed by atoms with Crippen LogP contribution in [0.25, 0.3) is 0 Å². The number of aliphatic hydroxyl groups excluding tert-OH is 2. The van der Waals surface area contributed by atoms with E-state index in [0.29, 0.717) is 42.8 Å². The van der Waals surface area contributed by atoms with Gasteiger partial charge in [-0.1, -0.05) is 25.5 Å². The molecule has 3 N–H and O–H groups in total. The third-order valence-corrected chi connectivity index (χ3v) is 25.0. The molecule has 10 fully saturated rings. The monoisotopic (exact) mass is 1410 g/mol. The molecule has 7 heterocycles. The molecule has 99 heavy (non-hydrogen) atoms. The van der Waals surface area contributed by atoms with Gasteiger partial charge in [0, 0.05) is 80.0 Å². The van der Waals surface area contributed by atoms with Crippen molar-refractivity contribution in [3.63, 3.8) is 0 Å². The highest BCUT2D eigenvalue weighted by Gasteiger charge is 2.67. The average molecular weight is 1410 g/mol. The van der Waals surface area contributed by atoms with Crippen molar-refractivity contribution in [2.75, 3.05) is 49.5 Å². The number of fused-ring (bicyclic) bond motifs is 6. The maximum Gasteiger partial charge on any atom is 0.303 e. The summed E-state index contributed by atoms with van der Waals surface area (Å²) in [6.45, 7) is 18.8. The van der Waals surface area contributed by atoms with Gasteiger partial charge in [-0.15, -0.1) is 0 Å². The predicted octanol–water partition coefficient (Wildman–Crippen LogP) is 6.12. The fraction of sp³-hybridized carbons (Fsp3) is 0.917. The van der Waals surface area contributed by atoms with Gasteiger partial charge in [0.15, 0.2) is 50.1 Å². The summed E-state index contributed by atoms with van der Waals surface area (Å²) < 4.78 is 138. The van der Waals surface area contributed by atoms with E-state index >= 15 is 0 Å². The van der Waals surface area contributed by atoms with E-state index in [-0.39, 0.29) is 61.3 Å². The SMILES string of the molecule is COC1=CC(OC)CC(O[C@H]2CC[C@@]3(C)C(=CC[C@@H]4[C@@H]3CC[C@@]3(C)[C@H]4CC[C@]3(O)[C@H](C)O[C@H]3C[C@H]4OCO[C@]5(C[C@@H](OC)[C@H](O[C@H]6C[C@H](O)[C@H](O[C@H]7C[C@H](OC)[C@H](O[C@H]8C[C@H](OC)[C@H](O[C@@H]9O[C@H](C)[C@H](O)[C@H](OC)[C@H]9OC(C)=O)[C@@H](C)O8)[C@@H](C)O7)[C@@H](C)O6)[C@@H](C)O5)O[C@@H]4[C@@H](C)O3)C2)C1=O. The van der Waals surface area contributed by atoms with Crippen molar-refractivity contribution in [1.29, 1.82) is 0 Å². The third-order valence-electron chi connectivity index (χ3n) is 25.0. The van der Waals surface area contributed by atoms with Crippen molar-refractivity contribution >= 4 is 11.8 Å². The Balaban J connectivity index is 0.601. The topological polar surface area (TPSA) is 298 Å². The predicted molar refractivity (Wildman–Crippen MR) is 345 cm³/mol. The lowest BCUT2D eigenvalue weighted by Crippen LogP contribution is -2.62. The minimum atomic E-state index is -1.58. The van der Waals surface area contributed by atoms with Gasteiger partial charge in [0.1, 0.15) is 48.8 Å². The molecule has 7 saturated heterocycles. The summed E-state index contributed by atoms with van der Waals surface area (Å²) in [6.07, 6.45) is -5.94. The number of carbonyl (C=O) groups is 2. The lowest BCUT2D eigenvalue weighted by atomic mass is 9.46. The molecule has 12 aliphatic rings. The smallest absolute Gasteiger partial charge is 0.303 e. The molecule has 2 unspecified atom stereocenters. The maximum atomic E-state index is 13.3. The first-order valence-electron chi connectivity index (χ1n) is 36.4. The van der Waals surface area contributed by atoms with Crippen molar-refractivity contribution in [3.8, 4) is 0 Å². The van der Waals surface area contributed by atoms with Crippen molar-refractivity contribution in [3.05, 3.63) is 23.5 Å². The van der Waals surface area contributed by atoms with E-state index in [4.69, 9.17) is 104 Å². The maximum absolute atomic E-state index is 13.3. The summed E-state index contributed by atoms with van der Waals surface area (Å²) in [6, 6.07) is 0. The zero-order valence-corrected chi connectivity index (χ0v) is 60.8. The van der Waals surface area contributed by atoms with Crippen LogP contribution in [0.15, 0.2) is 23.5 Å². The average Bonchev–Trinajstić information content (AvgIpc) is 1.62. The van der Waals surface area contributed by atoms with E-state index in [0.717, 1.165) is 44.9 Å². The Morgan fingerprint density at radius 2 is 1.25 bits per heavy atom. The van der Waals surface area contributed by atoms with Crippen LogP contribution >= 0.6 is 0 Å². The van der Waals surface area contributed by atoms with Gasteiger partial charge >= 0.3 is 5.97 Å². The molecule has 0 aromatic heterocycles. The Morgan fingerprint density at radius 1 is 0.626 bits per heavy atom. The van der Waals surface area contributed by atoms with E-state index in [2.05, 4.69) is 19.9 Å². The molecule has 35 atom stereocenters. The van der Waals surface area contributed by atoms with Crippen LogP contribution in [0, 0.1) is 28.6 Å². The standard InChI is InChI=1S/C72H114O27/c1-34-59(75)66(83-16)67(92-41(8)73)68(90-34)97-63-37(4)88-58(30-52(63)81-14)96-62-36(3)87-57(29-51(62)80-13)94-61-35(2)86-55(28-48(61)74)95-64-39(6)98-72(32-54(64)82-15)85-33-84-53-31-56(89-38(5)65(53)99-72)91-40(7)71(77)24-21-47-45-18-17-42-25-43(19-22-69(42,9)46(45)20-23-70(47,71)10)93-50-27-44(78-11)26-49(79-12)60(50)76/h17,26,34-40,43-48,50-59,61-68,74-75,77H,18-25,27-33H2,1-16H3/t34-,35-,36-,37-,38-,39-,40+,43+,44?,45-,46+,47+,48+,50?,51+,52+,53-,54-,55+,56+,57+,58+,59+,61-,62-,63-,64-,65-,66+,67-,68+,69+,70+,71+,72+/m1/s1. The van der Waals surface area contributed by atoms with Crippen molar-refractivity contribution in [1.82, 2.24) is 0 Å². The number of aliphatic hydroxyl groups is 3. The zero-order chi connectivity index (χ0) is 70.8. The molecule has 27 nitrogen and oxygen atoms in total. The lowest BCUT2D eigenvalue weighted by molar-refractivity contribution is -0.447. The first-order valence-corrected chi connectivity index (χ1v) is 36.4. The largest absolute Gasteiger partial charge is 0.493 e. The molecule has 0 aromatic carbocycles. The van der Waals surface area contributed by atoms with Gasteiger partial charge in [-0.2, -0.15) is 0 Å². The van der Waals surface area contributed by atoms with E-state index in [1.165, 1.54) is 26.7 Å². The molecule has 0 bridgehead atoms. The normalized spacial score (nSPS) is 50.6. The van der Waals surface area contributed by atoms with Gasteiger partial charge in [-0.05, 0) is 129 Å². The zero-order valence-electron chi connectivity index (χ0n) is 60.8. The number of allylic oxidation sites excluding steroid dienone is 1. The summed E-state index contributed by atoms with van der Waals surface area (Å²) in [5.74, 6) is -0.740. The second kappa shape index (κ2) is 31.1. The molecule has 0 aromatic rings. The summed E-state index contributed by atoms with van der Waals surface area (Å²) >= 11 is 0. The number of ketones is 1. The van der Waals surface area contributed by atoms with Gasteiger partial charge in [0.25, 0.3) is 5.97 Å². The first-order chi connectivity index (χ1) is 47.2. The molecular weight excluding hydrogens is 1300 g/mol. The molecule has 5 aliphatic carbocycles. The van der Waals surface area contributed by atoms with Gasteiger partial charge in [-0.3, -0.25) is 9.59 Å². The first kappa shape index (κ1) is 76.2. The van der Waals surface area contributed by atoms with Gasteiger partial charge in [0.2, 0.25) is 5.78 Å². The third kappa shape index (κ3) is 15.1. The van der Waals surface area contributed by atoms with Crippen LogP contribution in [-0.2, 0) is 114 Å². The highest BCUT2D eigenvalue weighted by Crippen LogP contribution is 2.68. The number of rotatable bonds is 20. The fourth-order valence-corrected chi connectivity index (χ4v) is 19.5. The second-order valence-electron chi connectivity index (χ2n) is 30.6. The van der Waals surface area contributed by atoms with E-state index < -0.39 is 177 Å². The fourth-order valence-electron chi connectivity index (χ4n) is 19.5. The van der Waals surface area contributed by atoms with Crippen LogP contribution in [0.5, 0.6) is 0 Å². The van der Waals surface area contributed by atoms with Crippen LogP contribution in [0.4, 0.5) is 0 Å². The Kier molecular flexibility index (Phi) is 24.0. The van der Waals surface area contributed by atoms with Crippen molar-refractivity contribution in [2.45, 2.75) is 343 Å². The Morgan fingerprint density at radius 3 is 1.89 bits per heavy atom. The van der Waals surface area contributed by atoms with E-state index in [9.17, 15) is 24.9 Å². The van der Waals surface area contributed by atoms with Crippen LogP contribution in [0.3, 0.4) is 0 Å². The number of esters is 1. The molecule has 0 amide bonds. The lowest BCUT2D eigenvalue weighted by Gasteiger charge is -2.59. The summed E-state index contributed by atoms with van der Waals surface area (Å²) in [7, 11) is 9.33. The van der Waals surface area contributed by atoms with Crippen molar-refractivity contribution in [2.24, 2.45) is 28.6 Å². The second-order valence-corrected chi connectivity index (χ2v) is 30.6. The number of hydrogen-bond donors (Lipinski definition) is 3. The number of methoxy groups -OCH3 is 6. The number of ether oxygens (including phenoxy) is 22. The van der Waals surface area contributed by atoms with E-state index in [1.807, 2.05) is 41.5 Å². The van der Waals surface area contributed by atoms with Crippen LogP contribution in [0.2, 0.25) is 0 Å². The highest BCUT2D eigenvalue weighted by molar-refractivity contribution is 5.98. The molecule has 7 aliphatic heterocycles. The molecule has 0 radical (unpaired) electrons. The Bertz CT molecular complexity index is 2780. The summed E-state index contributed by atoms with van der Waals surface area (Å²) in [5.41, 5.74) is 0.0143. The molecule has 27 heteroatoms. The summed E-state index contributed by atoms with van der Waals surface area (Å²) in [5, 5.41) is 35.6. The number of hydrogen-bond acceptors (Lipinski definition) is 27. The minimum absolute atomic E-state index is 0.0253. The van der Waals surface area contributed by atoms with Gasteiger partial charge < -0.3 is 120 Å². The molecular formula is C72H114O27. The van der Waals surface area contributed by atoms with Crippen LogP contribution < -0.4 is 0 Å². The molecule has 3 saturated carbocycles. The van der Waals surface area contributed by atoms with Gasteiger partial charge in [0.05, 0.1) is 105 Å². The Labute approximate surface area is 582 Å². The minimum Gasteiger partial charge on any atom is -0.493 e. The van der Waals surface area contributed by atoms with Crippen molar-refractivity contribution < 1.29 is 129 Å². The summed E-state index contributed by atoms with van der Waals surface area (Å²) in [4.78, 5) is 25.4. The Hall–Kier alpha value is -2.50. The highest BCUT2D eigenvalue weighted by atomic mass is 16.9. The molecule has 564 valence electrons. The van der Waals surface area contributed by atoms with Crippen LogP contribution in [-0.4, -0.2) is 260 Å². The quantitative estimate of drug-likeness (QED) is 0.0914. The number of Topliss-reactive ketones (excluding diaryl/α,β-unsaturated/α-hetero) is 1. The molecule has 12 rings (SSSR count). The van der Waals surface area contributed by atoms with E-state index in [1.54, 1.807) is 41.4 Å². The van der Waals surface area contributed by atoms with Gasteiger partial charge in [-0.25, -0.2) is 0 Å². The molecule has 1 spiro atoms. The van der Waals surface area contributed by atoms with Crippen LogP contribution in [0.1, 0.15) is 159 Å².